The molecule has 2 heterocycles. The Morgan fingerprint density at radius 3 is 2.73 bits per heavy atom. The van der Waals surface area contributed by atoms with Crippen LogP contribution in [0.3, 0.4) is 0 Å². The Balaban J connectivity index is 1.30. The average molecular weight is 320 g/mol. The molecule has 1 saturated heterocycles. The predicted molar refractivity (Wildman–Crippen MR) is 87.5 cm³/mol. The predicted octanol–water partition coefficient (Wildman–Crippen LogP) is 2.65. The molecule has 4 rings (SSSR count). The van der Waals surface area contributed by atoms with Crippen molar-refractivity contribution >= 4 is 17.2 Å². The molecule has 2 N–H and O–H groups in total. The average Bonchev–Trinajstić information content (AvgIpc) is 3.08. The van der Waals surface area contributed by atoms with Crippen molar-refractivity contribution in [3.8, 4) is 0 Å². The lowest BCUT2D eigenvalue weighted by Crippen LogP contribution is -2.38. The van der Waals surface area contributed by atoms with E-state index in [1.165, 1.54) is 30.6 Å². The van der Waals surface area contributed by atoms with Crippen molar-refractivity contribution in [1.29, 1.82) is 0 Å². The zero-order valence-corrected chi connectivity index (χ0v) is 13.7. The van der Waals surface area contributed by atoms with E-state index in [1.54, 1.807) is 11.3 Å². The van der Waals surface area contributed by atoms with E-state index in [-0.39, 0.29) is 11.9 Å². The molecular weight excluding hydrogens is 296 g/mol. The Labute approximate surface area is 135 Å². The van der Waals surface area contributed by atoms with Crippen molar-refractivity contribution in [3.05, 3.63) is 21.9 Å². The molecule has 2 unspecified atom stereocenters. The minimum Gasteiger partial charge on any atom is -0.381 e. The summed E-state index contributed by atoms with van der Waals surface area (Å²) in [6.45, 7) is 1.52. The van der Waals surface area contributed by atoms with Gasteiger partial charge >= 0.3 is 0 Å². The summed E-state index contributed by atoms with van der Waals surface area (Å²) in [6.07, 6.45) is 7.15. The van der Waals surface area contributed by atoms with Crippen LogP contribution >= 0.6 is 11.3 Å². The highest BCUT2D eigenvalue weighted by molar-refractivity contribution is 7.10. The molecule has 1 amide bonds. The maximum absolute atomic E-state index is 12.3. The van der Waals surface area contributed by atoms with Crippen LogP contribution in [0.4, 0.5) is 0 Å². The fraction of sp³-hybridized carbons (Fsp3) is 0.706. The summed E-state index contributed by atoms with van der Waals surface area (Å²) in [4.78, 5) is 13.7. The van der Waals surface area contributed by atoms with Crippen molar-refractivity contribution in [3.63, 3.8) is 0 Å². The van der Waals surface area contributed by atoms with E-state index in [0.717, 1.165) is 37.7 Å². The minimum absolute atomic E-state index is 0.0820. The van der Waals surface area contributed by atoms with Crippen LogP contribution in [0.15, 0.2) is 11.4 Å². The monoisotopic (exact) mass is 320 g/mol. The molecule has 120 valence electrons. The van der Waals surface area contributed by atoms with Gasteiger partial charge in [0.2, 0.25) is 0 Å². The summed E-state index contributed by atoms with van der Waals surface area (Å²) in [5, 5.41) is 8.89. The minimum atomic E-state index is 0.0820. The summed E-state index contributed by atoms with van der Waals surface area (Å²) in [5.74, 6) is 0.716. The van der Waals surface area contributed by atoms with E-state index >= 15 is 0 Å². The third kappa shape index (κ3) is 3.21. The third-order valence-electron chi connectivity index (χ3n) is 5.15. The van der Waals surface area contributed by atoms with Gasteiger partial charge in [-0.05, 0) is 38.2 Å². The first-order valence-electron chi connectivity index (χ1n) is 8.52. The van der Waals surface area contributed by atoms with Crippen LogP contribution < -0.4 is 10.6 Å². The highest BCUT2D eigenvalue weighted by Crippen LogP contribution is 2.44. The summed E-state index contributed by atoms with van der Waals surface area (Å²) < 4.78 is 5.33. The van der Waals surface area contributed by atoms with Crippen molar-refractivity contribution in [2.75, 3.05) is 13.2 Å². The van der Waals surface area contributed by atoms with Crippen molar-refractivity contribution in [2.45, 2.75) is 62.6 Å². The second-order valence-electron chi connectivity index (χ2n) is 6.84. The number of amides is 1. The quantitative estimate of drug-likeness (QED) is 0.877. The lowest BCUT2D eigenvalue weighted by atomic mass is 9.93. The fourth-order valence-electron chi connectivity index (χ4n) is 3.35. The first kappa shape index (κ1) is 14.7. The van der Waals surface area contributed by atoms with Crippen LogP contribution in [0.2, 0.25) is 0 Å². The zero-order valence-electron chi connectivity index (χ0n) is 12.8. The lowest BCUT2D eigenvalue weighted by molar-refractivity contribution is 0.0696. The smallest absolute Gasteiger partial charge is 0.252 e. The maximum atomic E-state index is 12.3. The molecule has 4 nitrogen and oxygen atoms in total. The summed E-state index contributed by atoms with van der Waals surface area (Å²) in [6, 6.07) is 3.78. The first-order chi connectivity index (χ1) is 10.8. The third-order valence-corrected chi connectivity index (χ3v) is 6.21. The number of rotatable bonds is 5. The van der Waals surface area contributed by atoms with Gasteiger partial charge in [-0.25, -0.2) is 0 Å². The lowest BCUT2D eigenvalue weighted by Gasteiger charge is -2.26. The van der Waals surface area contributed by atoms with Gasteiger partial charge in [-0.2, -0.15) is 0 Å². The molecule has 2 aliphatic carbocycles. The van der Waals surface area contributed by atoms with Crippen molar-refractivity contribution < 1.29 is 9.53 Å². The SMILES string of the molecule is O=C(NC1CCOCC1)c1csc(C2CC2NC2CCC2)c1. The van der Waals surface area contributed by atoms with E-state index in [9.17, 15) is 4.79 Å². The molecule has 0 spiro atoms. The molecule has 22 heavy (non-hydrogen) atoms. The van der Waals surface area contributed by atoms with Gasteiger partial charge in [0.1, 0.15) is 0 Å². The van der Waals surface area contributed by atoms with E-state index < -0.39 is 0 Å². The Morgan fingerprint density at radius 1 is 1.18 bits per heavy atom. The van der Waals surface area contributed by atoms with E-state index in [1.807, 2.05) is 5.38 Å². The summed E-state index contributed by atoms with van der Waals surface area (Å²) in [5.41, 5.74) is 0.834. The van der Waals surface area contributed by atoms with E-state index in [2.05, 4.69) is 16.7 Å². The molecule has 1 aromatic heterocycles. The maximum Gasteiger partial charge on any atom is 0.252 e. The van der Waals surface area contributed by atoms with Crippen LogP contribution in [0.5, 0.6) is 0 Å². The van der Waals surface area contributed by atoms with E-state index in [0.29, 0.717) is 12.0 Å². The second kappa shape index (κ2) is 6.30. The van der Waals surface area contributed by atoms with Gasteiger partial charge in [0.15, 0.2) is 0 Å². The highest BCUT2D eigenvalue weighted by Gasteiger charge is 2.41. The molecule has 3 fully saturated rings. The largest absolute Gasteiger partial charge is 0.381 e. The Morgan fingerprint density at radius 2 is 2.00 bits per heavy atom. The van der Waals surface area contributed by atoms with Crippen LogP contribution in [0, 0.1) is 0 Å². The highest BCUT2D eigenvalue weighted by atomic mass is 32.1. The number of carbonyl (C=O) groups is 1. The normalized spacial score (nSPS) is 29.1. The molecule has 1 aliphatic heterocycles. The van der Waals surface area contributed by atoms with Gasteiger partial charge < -0.3 is 15.4 Å². The van der Waals surface area contributed by atoms with Gasteiger partial charge in [-0.3, -0.25) is 4.79 Å². The van der Waals surface area contributed by atoms with Crippen molar-refractivity contribution in [2.24, 2.45) is 0 Å². The molecule has 0 radical (unpaired) electrons. The molecule has 3 aliphatic rings. The van der Waals surface area contributed by atoms with Crippen LogP contribution in [0.1, 0.15) is 59.7 Å². The number of hydrogen-bond acceptors (Lipinski definition) is 4. The first-order valence-corrected chi connectivity index (χ1v) is 9.40. The Kier molecular flexibility index (Phi) is 4.20. The fourth-order valence-corrected chi connectivity index (χ4v) is 4.42. The molecule has 1 aromatic rings. The van der Waals surface area contributed by atoms with Crippen LogP contribution in [-0.2, 0) is 4.74 Å². The van der Waals surface area contributed by atoms with Crippen LogP contribution in [0.25, 0.3) is 0 Å². The molecule has 5 heteroatoms. The molecular formula is C17H24N2O2S. The Hall–Kier alpha value is -0.910. The topological polar surface area (TPSA) is 50.4 Å². The second-order valence-corrected chi connectivity index (χ2v) is 7.78. The molecule has 0 aromatic carbocycles. The number of hydrogen-bond donors (Lipinski definition) is 2. The summed E-state index contributed by atoms with van der Waals surface area (Å²) in [7, 11) is 0. The van der Waals surface area contributed by atoms with Crippen molar-refractivity contribution in [1.82, 2.24) is 10.6 Å². The number of carbonyl (C=O) groups excluding carboxylic acids is 1. The number of ether oxygens (including phenoxy) is 1. The molecule has 2 saturated carbocycles. The molecule has 0 bridgehead atoms. The summed E-state index contributed by atoms with van der Waals surface area (Å²) >= 11 is 1.74. The van der Waals surface area contributed by atoms with Gasteiger partial charge in [0, 0.05) is 47.5 Å². The van der Waals surface area contributed by atoms with Gasteiger partial charge in [-0.15, -0.1) is 11.3 Å². The zero-order chi connectivity index (χ0) is 14.9. The number of nitrogens with one attached hydrogen (secondary N) is 2. The van der Waals surface area contributed by atoms with Gasteiger partial charge in [0.05, 0.1) is 5.56 Å². The standard InChI is InChI=1S/C17H24N2O2S/c20-17(19-13-4-6-21-7-5-13)11-8-16(22-10-11)14-9-15(14)18-12-2-1-3-12/h8,10,12-15,18H,1-7,9H2,(H,19,20). The van der Waals surface area contributed by atoms with E-state index in [4.69, 9.17) is 4.74 Å². The van der Waals surface area contributed by atoms with Gasteiger partial charge in [0.25, 0.3) is 5.91 Å². The van der Waals surface area contributed by atoms with Crippen LogP contribution in [-0.4, -0.2) is 37.2 Å². The van der Waals surface area contributed by atoms with Gasteiger partial charge in [-0.1, -0.05) is 6.42 Å². The Bertz CT molecular complexity index is 535. The molecule has 2 atom stereocenters. The number of thiophene rings is 1.